The van der Waals surface area contributed by atoms with Gasteiger partial charge in [0.05, 0.1) is 22.9 Å². The minimum absolute atomic E-state index is 0.415. The number of rotatable bonds is 4. The second kappa shape index (κ2) is 8.41. The van der Waals surface area contributed by atoms with Crippen molar-refractivity contribution in [1.82, 2.24) is 15.0 Å². The Balaban J connectivity index is 1.49. The first-order valence-corrected chi connectivity index (χ1v) is 10.7. The highest BCUT2D eigenvalue weighted by Crippen LogP contribution is 2.30. The van der Waals surface area contributed by atoms with Gasteiger partial charge >= 0.3 is 0 Å². The highest BCUT2D eigenvalue weighted by atomic mass is 79.9. The van der Waals surface area contributed by atoms with Gasteiger partial charge in [-0.1, -0.05) is 51.8 Å². The van der Waals surface area contributed by atoms with Crippen LogP contribution in [0.5, 0.6) is 0 Å². The molecular weight excluding hydrogens is 474 g/mol. The van der Waals surface area contributed by atoms with Crippen molar-refractivity contribution in [2.75, 3.05) is 5.43 Å². The van der Waals surface area contributed by atoms with Crippen molar-refractivity contribution in [3.63, 3.8) is 0 Å². The van der Waals surface area contributed by atoms with Crippen LogP contribution in [0, 0.1) is 0 Å². The van der Waals surface area contributed by atoms with Crippen LogP contribution in [0.3, 0.4) is 0 Å². The van der Waals surface area contributed by atoms with Gasteiger partial charge in [-0.2, -0.15) is 5.10 Å². The molecule has 7 heteroatoms. The molecule has 0 unspecified atom stereocenters. The van der Waals surface area contributed by atoms with Gasteiger partial charge in [-0.15, -0.1) is 0 Å². The molecule has 0 fully saturated rings. The van der Waals surface area contributed by atoms with E-state index in [2.05, 4.69) is 36.4 Å². The monoisotopic (exact) mass is 487 g/mol. The summed E-state index contributed by atoms with van der Waals surface area (Å²) < 4.78 is 0.961. The topological polar surface area (TPSA) is 63.1 Å². The standard InChI is InChI=1S/C24H15BrClN5/c25-18-6-10-22-20(13-18)23(16-4-7-19(26)8-5-16)30-24(29-22)31-28-14-15-3-9-21-17(12-15)2-1-11-27-21/h1-14H,(H,29,30,31). The average Bonchev–Trinajstić information content (AvgIpc) is 2.79. The molecule has 0 radical (unpaired) electrons. The summed E-state index contributed by atoms with van der Waals surface area (Å²) in [6.07, 6.45) is 3.52. The molecule has 0 spiro atoms. The zero-order valence-corrected chi connectivity index (χ0v) is 18.5. The molecule has 5 rings (SSSR count). The molecule has 1 N–H and O–H groups in total. The maximum atomic E-state index is 6.06. The van der Waals surface area contributed by atoms with Crippen LogP contribution in [-0.4, -0.2) is 21.2 Å². The van der Waals surface area contributed by atoms with Crippen LogP contribution in [0.4, 0.5) is 5.95 Å². The van der Waals surface area contributed by atoms with Gasteiger partial charge in [-0.05, 0) is 54.1 Å². The number of fused-ring (bicyclic) bond motifs is 2. The van der Waals surface area contributed by atoms with E-state index in [1.807, 2.05) is 72.8 Å². The second-order valence-electron chi connectivity index (χ2n) is 6.89. The SMILES string of the molecule is Clc1ccc(-c2nc(NN=Cc3ccc4ncccc4c3)nc3ccc(Br)cc23)cc1. The van der Waals surface area contributed by atoms with Gasteiger partial charge in [0.15, 0.2) is 0 Å². The zero-order chi connectivity index (χ0) is 21.2. The van der Waals surface area contributed by atoms with Crippen molar-refractivity contribution in [3.05, 3.63) is 94.1 Å². The van der Waals surface area contributed by atoms with Crippen molar-refractivity contribution in [2.24, 2.45) is 5.10 Å². The maximum Gasteiger partial charge on any atom is 0.244 e. The second-order valence-corrected chi connectivity index (χ2v) is 8.24. The first kappa shape index (κ1) is 19.6. The van der Waals surface area contributed by atoms with E-state index in [1.165, 1.54) is 0 Å². The molecular formula is C24H15BrClN5. The van der Waals surface area contributed by atoms with E-state index in [-0.39, 0.29) is 0 Å². The molecule has 0 saturated carbocycles. The first-order valence-electron chi connectivity index (χ1n) is 9.53. The lowest BCUT2D eigenvalue weighted by Gasteiger charge is -2.09. The summed E-state index contributed by atoms with van der Waals surface area (Å²) >= 11 is 9.60. The predicted octanol–water partition coefficient (Wildman–Crippen LogP) is 6.71. The van der Waals surface area contributed by atoms with Crippen LogP contribution in [-0.2, 0) is 0 Å². The summed E-state index contributed by atoms with van der Waals surface area (Å²) in [4.78, 5) is 13.7. The molecule has 150 valence electrons. The van der Waals surface area contributed by atoms with E-state index >= 15 is 0 Å². The number of pyridine rings is 1. The van der Waals surface area contributed by atoms with E-state index in [0.29, 0.717) is 11.0 Å². The number of halogens is 2. The summed E-state index contributed by atoms with van der Waals surface area (Å²) in [5.41, 5.74) is 7.43. The van der Waals surface area contributed by atoms with E-state index < -0.39 is 0 Å². The number of hydrazone groups is 1. The molecule has 2 aromatic heterocycles. The molecule has 2 heterocycles. The molecule has 0 aliphatic carbocycles. The first-order chi connectivity index (χ1) is 15.2. The third-order valence-electron chi connectivity index (χ3n) is 4.78. The molecule has 5 nitrogen and oxygen atoms in total. The Morgan fingerprint density at radius 2 is 1.74 bits per heavy atom. The summed E-state index contributed by atoms with van der Waals surface area (Å²) in [6.45, 7) is 0. The Morgan fingerprint density at radius 1 is 0.903 bits per heavy atom. The van der Waals surface area contributed by atoms with Gasteiger partial charge in [-0.3, -0.25) is 4.98 Å². The number of anilines is 1. The van der Waals surface area contributed by atoms with E-state index in [4.69, 9.17) is 16.6 Å². The van der Waals surface area contributed by atoms with E-state index in [9.17, 15) is 0 Å². The Morgan fingerprint density at radius 3 is 2.61 bits per heavy atom. The summed E-state index contributed by atoms with van der Waals surface area (Å²) in [7, 11) is 0. The number of nitrogens with one attached hydrogen (secondary N) is 1. The molecule has 0 amide bonds. The number of aromatic nitrogens is 3. The third-order valence-corrected chi connectivity index (χ3v) is 5.53. The summed E-state index contributed by atoms with van der Waals surface area (Å²) in [5, 5.41) is 7.02. The third kappa shape index (κ3) is 4.26. The fourth-order valence-electron chi connectivity index (χ4n) is 3.32. The smallest absolute Gasteiger partial charge is 0.244 e. The van der Waals surface area contributed by atoms with Gasteiger partial charge in [0, 0.05) is 32.0 Å². The molecule has 3 aromatic carbocycles. The highest BCUT2D eigenvalue weighted by molar-refractivity contribution is 9.10. The molecule has 0 aliphatic heterocycles. The van der Waals surface area contributed by atoms with E-state index in [0.717, 1.165) is 43.1 Å². The number of benzene rings is 3. The number of hydrogen-bond acceptors (Lipinski definition) is 5. The Hall–Kier alpha value is -3.35. The predicted molar refractivity (Wildman–Crippen MR) is 131 cm³/mol. The molecule has 0 atom stereocenters. The molecule has 5 aromatic rings. The summed E-state index contributed by atoms with van der Waals surface area (Å²) in [5.74, 6) is 0.415. The summed E-state index contributed by atoms with van der Waals surface area (Å²) in [6, 6.07) is 23.4. The van der Waals surface area contributed by atoms with Crippen LogP contribution in [0.2, 0.25) is 5.02 Å². The quantitative estimate of drug-likeness (QED) is 0.226. The van der Waals surface area contributed by atoms with Gasteiger partial charge in [-0.25, -0.2) is 15.4 Å². The van der Waals surface area contributed by atoms with Crippen molar-refractivity contribution in [1.29, 1.82) is 0 Å². The van der Waals surface area contributed by atoms with Gasteiger partial charge in [0.2, 0.25) is 5.95 Å². The molecule has 0 aliphatic rings. The Labute approximate surface area is 192 Å². The van der Waals surface area contributed by atoms with Gasteiger partial charge in [0.1, 0.15) is 0 Å². The Bertz CT molecular complexity index is 1430. The van der Waals surface area contributed by atoms with Gasteiger partial charge < -0.3 is 0 Å². The van der Waals surface area contributed by atoms with Crippen LogP contribution >= 0.6 is 27.5 Å². The lowest BCUT2D eigenvalue weighted by molar-refractivity contribution is 1.16. The van der Waals surface area contributed by atoms with Gasteiger partial charge in [0.25, 0.3) is 0 Å². The van der Waals surface area contributed by atoms with Crippen LogP contribution in [0.1, 0.15) is 5.56 Å². The maximum absolute atomic E-state index is 6.06. The number of hydrogen-bond donors (Lipinski definition) is 1. The fourth-order valence-corrected chi connectivity index (χ4v) is 3.80. The average molecular weight is 489 g/mol. The molecule has 0 bridgehead atoms. The van der Waals surface area contributed by atoms with Crippen LogP contribution in [0.25, 0.3) is 33.1 Å². The van der Waals surface area contributed by atoms with Crippen LogP contribution < -0.4 is 5.43 Å². The highest BCUT2D eigenvalue weighted by Gasteiger charge is 2.10. The molecule has 31 heavy (non-hydrogen) atoms. The van der Waals surface area contributed by atoms with Crippen molar-refractivity contribution < 1.29 is 0 Å². The fraction of sp³-hybridized carbons (Fsp3) is 0. The largest absolute Gasteiger partial charge is 0.256 e. The lowest BCUT2D eigenvalue weighted by atomic mass is 10.1. The van der Waals surface area contributed by atoms with Crippen molar-refractivity contribution in [2.45, 2.75) is 0 Å². The lowest BCUT2D eigenvalue weighted by Crippen LogP contribution is -2.00. The van der Waals surface area contributed by atoms with Crippen molar-refractivity contribution in [3.8, 4) is 11.3 Å². The zero-order valence-electron chi connectivity index (χ0n) is 16.1. The minimum Gasteiger partial charge on any atom is -0.256 e. The molecule has 0 saturated heterocycles. The number of nitrogens with zero attached hydrogens (tertiary/aromatic N) is 4. The van der Waals surface area contributed by atoms with Crippen LogP contribution in [0.15, 0.2) is 88.6 Å². The normalized spacial score (nSPS) is 11.4. The minimum atomic E-state index is 0.415. The van der Waals surface area contributed by atoms with Crippen molar-refractivity contribution >= 4 is 61.5 Å². The van der Waals surface area contributed by atoms with E-state index in [1.54, 1.807) is 12.4 Å². The Kier molecular flexibility index (Phi) is 5.32.